The minimum Gasteiger partial charge on any atom is -0.446 e. The molecule has 4 aromatic carbocycles. The molecule has 4 aromatic rings. The molecule has 0 fully saturated rings. The Hall–Kier alpha value is -3.85. The molecule has 0 heterocycles. The second-order valence-electron chi connectivity index (χ2n) is 6.60. The quantitative estimate of drug-likeness (QED) is 0.414. The van der Waals surface area contributed by atoms with Crippen LogP contribution in [0.3, 0.4) is 0 Å². The molecule has 0 saturated carbocycles. The highest BCUT2D eigenvalue weighted by Gasteiger charge is 2.17. The molecule has 1 radical (unpaired) electrons. The minimum atomic E-state index is -0.605. The first-order valence-corrected chi connectivity index (χ1v) is 9.33. The van der Waals surface area contributed by atoms with Gasteiger partial charge in [-0.05, 0) is 34.4 Å². The van der Waals surface area contributed by atoms with E-state index in [4.69, 9.17) is 0 Å². The van der Waals surface area contributed by atoms with Crippen molar-refractivity contribution in [1.82, 2.24) is 0 Å². The Morgan fingerprint density at radius 2 is 1.03 bits per heavy atom. The molecule has 141 valence electrons. The molecule has 0 bridgehead atoms. The van der Waals surface area contributed by atoms with Crippen LogP contribution in [0.2, 0.25) is 0 Å². The number of hydrogen-bond donors (Lipinski definition) is 1. The molecule has 1 N–H and O–H groups in total. The summed E-state index contributed by atoms with van der Waals surface area (Å²) in [7, 11) is 3.24. The van der Waals surface area contributed by atoms with Gasteiger partial charge in [-0.15, -0.1) is 0 Å². The number of benzene rings is 4. The largest absolute Gasteiger partial charge is 0.446 e. The van der Waals surface area contributed by atoms with Crippen LogP contribution >= 0.6 is 0 Å². The zero-order valence-electron chi connectivity index (χ0n) is 15.8. The monoisotopic (exact) mass is 378 g/mol. The van der Waals surface area contributed by atoms with Crippen LogP contribution in [0.15, 0.2) is 103 Å². The first kappa shape index (κ1) is 18.5. The van der Waals surface area contributed by atoms with Gasteiger partial charge in [-0.25, -0.2) is 4.79 Å². The predicted octanol–water partition coefficient (Wildman–Crippen LogP) is 7.03. The molecule has 0 aliphatic carbocycles. The summed E-state index contributed by atoms with van der Waals surface area (Å²) in [6, 6.07) is 34.4. The van der Waals surface area contributed by atoms with Gasteiger partial charge in [-0.2, -0.15) is 0 Å². The zero-order valence-corrected chi connectivity index (χ0v) is 15.8. The van der Waals surface area contributed by atoms with Crippen molar-refractivity contribution >= 4 is 11.8 Å². The Labute approximate surface area is 170 Å². The van der Waals surface area contributed by atoms with E-state index in [9.17, 15) is 4.79 Å². The topological polar surface area (TPSA) is 38.3 Å². The van der Waals surface area contributed by atoms with Gasteiger partial charge >= 0.3 is 6.09 Å². The van der Waals surface area contributed by atoms with Crippen LogP contribution in [0.5, 0.6) is 0 Å². The maximum atomic E-state index is 12.1. The smallest absolute Gasteiger partial charge is 0.411 e. The molecule has 0 aliphatic heterocycles. The van der Waals surface area contributed by atoms with Gasteiger partial charge in [0.25, 0.3) is 0 Å². The van der Waals surface area contributed by atoms with E-state index in [1.807, 2.05) is 78.9 Å². The van der Waals surface area contributed by atoms with Gasteiger partial charge < -0.3 is 4.74 Å². The number of carbonyl (C=O) groups is 1. The van der Waals surface area contributed by atoms with Crippen molar-refractivity contribution in [3.8, 4) is 33.4 Å². The first-order valence-electron chi connectivity index (χ1n) is 9.33. The summed E-state index contributed by atoms with van der Waals surface area (Å²) >= 11 is 0. The Balaban J connectivity index is 2.02. The summed E-state index contributed by atoms with van der Waals surface area (Å²) in [6.45, 7) is 0. The summed E-state index contributed by atoms with van der Waals surface area (Å²) in [4.78, 5) is 12.1. The highest BCUT2D eigenvalue weighted by molar-refractivity contribution is 6.01. The number of nitrogens with one attached hydrogen (secondary N) is 1. The number of carbonyl (C=O) groups excluding carboxylic acids is 1. The second kappa shape index (κ2) is 8.44. The van der Waals surface area contributed by atoms with Crippen molar-refractivity contribution in [3.05, 3.63) is 110 Å². The number of rotatable bonds is 4. The average Bonchev–Trinajstić information content (AvgIpc) is 2.80. The lowest BCUT2D eigenvalue weighted by Crippen LogP contribution is -2.12. The van der Waals surface area contributed by atoms with Crippen molar-refractivity contribution in [3.63, 3.8) is 0 Å². The molecule has 3 nitrogen and oxygen atoms in total. The standard InChI is InChI=1S/C26H20NO2/c1-29-26(28)27-25-23(20-13-7-3-8-14-20)17-22(19-11-5-2-6-12-19)18-24(25)21-15-9-4-10-16-21/h2-18H,1H2,(H,27,28). The SMILES string of the molecule is [CH2]OC(=O)Nc1c(-c2ccccc2)cc(-c2ccccc2)cc1-c1ccccc1. The first-order chi connectivity index (χ1) is 14.3. The van der Waals surface area contributed by atoms with E-state index < -0.39 is 6.09 Å². The van der Waals surface area contributed by atoms with Gasteiger partial charge in [0.1, 0.15) is 7.11 Å². The van der Waals surface area contributed by atoms with Crippen LogP contribution in [-0.4, -0.2) is 6.09 Å². The molecule has 0 saturated heterocycles. The van der Waals surface area contributed by atoms with Gasteiger partial charge in [0.15, 0.2) is 0 Å². The normalized spacial score (nSPS) is 10.4. The number of ether oxygens (including phenoxy) is 1. The van der Waals surface area contributed by atoms with Crippen LogP contribution in [0.25, 0.3) is 33.4 Å². The van der Waals surface area contributed by atoms with Crippen LogP contribution < -0.4 is 5.32 Å². The van der Waals surface area contributed by atoms with E-state index >= 15 is 0 Å². The van der Waals surface area contributed by atoms with E-state index in [0.29, 0.717) is 5.69 Å². The van der Waals surface area contributed by atoms with E-state index in [0.717, 1.165) is 33.4 Å². The van der Waals surface area contributed by atoms with Gasteiger partial charge in [0.05, 0.1) is 5.69 Å². The molecule has 3 heteroatoms. The van der Waals surface area contributed by atoms with Gasteiger partial charge in [0.2, 0.25) is 0 Å². The van der Waals surface area contributed by atoms with Crippen LogP contribution in [0, 0.1) is 7.11 Å². The summed E-state index contributed by atoms with van der Waals surface area (Å²) in [5.41, 5.74) is 6.69. The fraction of sp³-hybridized carbons (Fsp3) is 0. The molecule has 29 heavy (non-hydrogen) atoms. The summed E-state index contributed by atoms with van der Waals surface area (Å²) < 4.78 is 4.65. The Morgan fingerprint density at radius 1 is 0.621 bits per heavy atom. The summed E-state index contributed by atoms with van der Waals surface area (Å²) in [5, 5.41) is 2.88. The maximum Gasteiger partial charge on any atom is 0.411 e. The number of amides is 1. The predicted molar refractivity (Wildman–Crippen MR) is 118 cm³/mol. The number of anilines is 1. The van der Waals surface area contributed by atoms with Crippen LogP contribution in [-0.2, 0) is 4.74 Å². The van der Waals surface area contributed by atoms with Crippen LogP contribution in [0.1, 0.15) is 0 Å². The minimum absolute atomic E-state index is 0.605. The fourth-order valence-electron chi connectivity index (χ4n) is 3.40. The van der Waals surface area contributed by atoms with E-state index in [1.54, 1.807) is 0 Å². The second-order valence-corrected chi connectivity index (χ2v) is 6.60. The zero-order chi connectivity index (χ0) is 20.1. The highest BCUT2D eigenvalue weighted by Crippen LogP contribution is 2.41. The molecule has 0 atom stereocenters. The Kier molecular flexibility index (Phi) is 5.39. The highest BCUT2D eigenvalue weighted by atomic mass is 16.5. The molecule has 0 aliphatic rings. The molecule has 0 spiro atoms. The van der Waals surface area contributed by atoms with Crippen molar-refractivity contribution in [1.29, 1.82) is 0 Å². The van der Waals surface area contributed by atoms with Crippen LogP contribution in [0.4, 0.5) is 10.5 Å². The van der Waals surface area contributed by atoms with Crippen molar-refractivity contribution in [2.24, 2.45) is 0 Å². The Morgan fingerprint density at radius 3 is 1.45 bits per heavy atom. The Bertz CT molecular complexity index is 1050. The van der Waals surface area contributed by atoms with Crippen molar-refractivity contribution in [2.75, 3.05) is 5.32 Å². The molecule has 0 aromatic heterocycles. The third kappa shape index (κ3) is 4.04. The molecular weight excluding hydrogens is 358 g/mol. The van der Waals surface area contributed by atoms with Crippen molar-refractivity contribution in [2.45, 2.75) is 0 Å². The fourth-order valence-corrected chi connectivity index (χ4v) is 3.40. The van der Waals surface area contributed by atoms with E-state index in [-0.39, 0.29) is 0 Å². The molecule has 1 amide bonds. The van der Waals surface area contributed by atoms with E-state index in [1.165, 1.54) is 0 Å². The molecule has 0 unspecified atom stereocenters. The van der Waals surface area contributed by atoms with Gasteiger partial charge in [-0.3, -0.25) is 5.32 Å². The summed E-state index contributed by atoms with van der Waals surface area (Å²) in [6.07, 6.45) is -0.605. The molecular formula is C26H20NO2. The third-order valence-corrected chi connectivity index (χ3v) is 4.77. The van der Waals surface area contributed by atoms with Gasteiger partial charge in [-0.1, -0.05) is 91.0 Å². The summed E-state index contributed by atoms with van der Waals surface area (Å²) in [5.74, 6) is 0. The maximum absolute atomic E-state index is 12.1. The lowest BCUT2D eigenvalue weighted by Gasteiger charge is -2.18. The van der Waals surface area contributed by atoms with Crippen molar-refractivity contribution < 1.29 is 9.53 Å². The lowest BCUT2D eigenvalue weighted by atomic mass is 9.91. The lowest BCUT2D eigenvalue weighted by molar-refractivity contribution is 0.199. The molecule has 4 rings (SSSR count). The number of hydrogen-bond acceptors (Lipinski definition) is 2. The average molecular weight is 378 g/mol. The van der Waals surface area contributed by atoms with Gasteiger partial charge in [0, 0.05) is 11.1 Å². The van der Waals surface area contributed by atoms with E-state index in [2.05, 4.69) is 41.4 Å². The third-order valence-electron chi connectivity index (χ3n) is 4.77.